The molecular weight excluding hydrogens is 367 g/mol. The van der Waals surface area contributed by atoms with Crippen molar-refractivity contribution in [3.8, 4) is 0 Å². The van der Waals surface area contributed by atoms with Crippen LogP contribution >= 0.6 is 11.6 Å². The quantitative estimate of drug-likeness (QED) is 0.825. The van der Waals surface area contributed by atoms with Crippen molar-refractivity contribution in [3.63, 3.8) is 0 Å². The van der Waals surface area contributed by atoms with Crippen molar-refractivity contribution in [2.24, 2.45) is 5.92 Å². The van der Waals surface area contributed by atoms with Gasteiger partial charge >= 0.3 is 6.18 Å². The first-order chi connectivity index (χ1) is 12.1. The van der Waals surface area contributed by atoms with Crippen molar-refractivity contribution < 1.29 is 18.0 Å². The molecule has 1 N–H and O–H groups in total. The number of piperazine rings is 1. The second-order valence-electron chi connectivity index (χ2n) is 7.08. The molecule has 0 aliphatic carbocycles. The van der Waals surface area contributed by atoms with Gasteiger partial charge in [0.15, 0.2) is 0 Å². The average Bonchev–Trinajstić information content (AvgIpc) is 2.55. The lowest BCUT2D eigenvalue weighted by Crippen LogP contribution is -2.53. The lowest BCUT2D eigenvalue weighted by molar-refractivity contribution is -0.137. The number of anilines is 1. The molecule has 0 aromatic heterocycles. The molecule has 1 fully saturated rings. The van der Waals surface area contributed by atoms with Crippen LogP contribution in [0.25, 0.3) is 0 Å². The van der Waals surface area contributed by atoms with E-state index in [2.05, 4.69) is 24.1 Å². The second-order valence-corrected chi connectivity index (χ2v) is 7.52. The zero-order valence-electron chi connectivity index (χ0n) is 15.2. The van der Waals surface area contributed by atoms with Crippen LogP contribution in [-0.2, 0) is 11.0 Å². The lowest BCUT2D eigenvalue weighted by Gasteiger charge is -2.38. The highest BCUT2D eigenvalue weighted by Gasteiger charge is 2.35. The molecular formula is C18H25ClF3N3O. The van der Waals surface area contributed by atoms with Gasteiger partial charge in [0.1, 0.15) is 0 Å². The first-order valence-electron chi connectivity index (χ1n) is 8.72. The van der Waals surface area contributed by atoms with Gasteiger partial charge in [0.25, 0.3) is 0 Å². The van der Waals surface area contributed by atoms with Gasteiger partial charge in [-0.05, 0) is 31.0 Å². The zero-order chi connectivity index (χ0) is 19.5. The Hall–Kier alpha value is -1.31. The first kappa shape index (κ1) is 21.0. The minimum Gasteiger partial charge on any atom is -0.324 e. The number of hydrogen-bond acceptors (Lipinski definition) is 3. The summed E-state index contributed by atoms with van der Waals surface area (Å²) in [6.07, 6.45) is -4.58. The number of nitrogens with one attached hydrogen (secondary N) is 1. The van der Waals surface area contributed by atoms with Crippen molar-refractivity contribution >= 4 is 23.2 Å². The molecule has 1 amide bonds. The fraction of sp³-hybridized carbons (Fsp3) is 0.611. The number of carbonyl (C=O) groups is 1. The lowest BCUT2D eigenvalue weighted by atomic mass is 10.1. The Morgan fingerprint density at radius 3 is 2.35 bits per heavy atom. The molecule has 8 heteroatoms. The molecule has 26 heavy (non-hydrogen) atoms. The van der Waals surface area contributed by atoms with E-state index in [0.29, 0.717) is 19.0 Å². The van der Waals surface area contributed by atoms with E-state index in [4.69, 9.17) is 11.6 Å². The normalized spacial score (nSPS) is 18.2. The maximum Gasteiger partial charge on any atom is 0.418 e. The Kier molecular flexibility index (Phi) is 6.93. The highest BCUT2D eigenvalue weighted by molar-refractivity contribution is 6.30. The van der Waals surface area contributed by atoms with E-state index < -0.39 is 23.7 Å². The summed E-state index contributed by atoms with van der Waals surface area (Å²) in [7, 11) is 0. The van der Waals surface area contributed by atoms with E-state index in [1.165, 1.54) is 12.1 Å². The summed E-state index contributed by atoms with van der Waals surface area (Å²) >= 11 is 5.67. The van der Waals surface area contributed by atoms with Crippen LogP contribution in [0.4, 0.5) is 18.9 Å². The standard InChI is InChI=1S/C18H25ClF3N3O/c1-12(2)11-24-6-8-25(9-7-24)13(3)17(26)23-16-5-4-14(19)10-15(16)18(20,21)22/h4-5,10,12-13H,6-9,11H2,1-3H3,(H,23,26). The van der Waals surface area contributed by atoms with E-state index in [-0.39, 0.29) is 10.7 Å². The third-order valence-corrected chi connectivity index (χ3v) is 4.74. The molecule has 4 nitrogen and oxygen atoms in total. The number of rotatable bonds is 5. The molecule has 0 radical (unpaired) electrons. The largest absolute Gasteiger partial charge is 0.418 e. The third-order valence-electron chi connectivity index (χ3n) is 4.50. The van der Waals surface area contributed by atoms with E-state index in [1.54, 1.807) is 6.92 Å². The summed E-state index contributed by atoms with van der Waals surface area (Å²) in [5, 5.41) is 2.39. The molecule has 1 aromatic rings. The fourth-order valence-electron chi connectivity index (χ4n) is 3.11. The van der Waals surface area contributed by atoms with Crippen molar-refractivity contribution in [2.75, 3.05) is 38.0 Å². The number of alkyl halides is 3. The van der Waals surface area contributed by atoms with E-state index in [9.17, 15) is 18.0 Å². The maximum atomic E-state index is 13.2. The predicted octanol–water partition coefficient (Wildman–Crippen LogP) is 3.96. The van der Waals surface area contributed by atoms with Crippen LogP contribution in [0.15, 0.2) is 18.2 Å². The van der Waals surface area contributed by atoms with E-state index >= 15 is 0 Å². The van der Waals surface area contributed by atoms with E-state index in [1.807, 2.05) is 4.90 Å². The van der Waals surface area contributed by atoms with Crippen LogP contribution in [0.1, 0.15) is 26.3 Å². The molecule has 1 aliphatic heterocycles. The van der Waals surface area contributed by atoms with Gasteiger partial charge in [-0.2, -0.15) is 13.2 Å². The second kappa shape index (κ2) is 8.59. The molecule has 1 saturated heterocycles. The van der Waals surface area contributed by atoms with Gasteiger partial charge in [0, 0.05) is 37.7 Å². The number of nitrogens with zero attached hydrogens (tertiary/aromatic N) is 2. The minimum atomic E-state index is -4.58. The molecule has 2 rings (SSSR count). The van der Waals surface area contributed by atoms with Crippen LogP contribution in [-0.4, -0.2) is 54.5 Å². The predicted molar refractivity (Wildman–Crippen MR) is 97.4 cm³/mol. The Morgan fingerprint density at radius 1 is 1.19 bits per heavy atom. The van der Waals surface area contributed by atoms with Crippen LogP contribution < -0.4 is 5.32 Å². The van der Waals surface area contributed by atoms with Gasteiger partial charge in [0.2, 0.25) is 5.91 Å². The SMILES string of the molecule is CC(C)CN1CCN(C(C)C(=O)Nc2ccc(Cl)cc2C(F)(F)F)CC1. The number of amides is 1. The summed E-state index contributed by atoms with van der Waals surface area (Å²) < 4.78 is 39.5. The van der Waals surface area contributed by atoms with Gasteiger partial charge in [-0.1, -0.05) is 25.4 Å². The summed E-state index contributed by atoms with van der Waals surface area (Å²) in [4.78, 5) is 16.8. The number of halogens is 4. The minimum absolute atomic E-state index is 0.0235. The van der Waals surface area contributed by atoms with Gasteiger partial charge < -0.3 is 10.2 Å². The van der Waals surface area contributed by atoms with Crippen molar-refractivity contribution in [3.05, 3.63) is 28.8 Å². The highest BCUT2D eigenvalue weighted by Crippen LogP contribution is 2.36. The van der Waals surface area contributed by atoms with Crippen molar-refractivity contribution in [2.45, 2.75) is 33.0 Å². The Morgan fingerprint density at radius 2 is 1.81 bits per heavy atom. The Balaban J connectivity index is 2.00. The molecule has 1 aliphatic rings. The molecule has 1 aromatic carbocycles. The Bertz CT molecular complexity index is 629. The average molecular weight is 392 g/mol. The molecule has 1 heterocycles. The topological polar surface area (TPSA) is 35.6 Å². The fourth-order valence-corrected chi connectivity index (χ4v) is 3.28. The number of hydrogen-bond donors (Lipinski definition) is 1. The Labute approximate surface area is 157 Å². The van der Waals surface area contributed by atoms with Gasteiger partial charge in [0.05, 0.1) is 17.3 Å². The highest BCUT2D eigenvalue weighted by atomic mass is 35.5. The van der Waals surface area contributed by atoms with E-state index in [0.717, 1.165) is 25.7 Å². The van der Waals surface area contributed by atoms with Crippen LogP contribution in [0.3, 0.4) is 0 Å². The van der Waals surface area contributed by atoms with Gasteiger partial charge in [-0.15, -0.1) is 0 Å². The molecule has 0 bridgehead atoms. The van der Waals surface area contributed by atoms with Crippen LogP contribution in [0, 0.1) is 5.92 Å². The van der Waals surface area contributed by atoms with Gasteiger partial charge in [-0.25, -0.2) is 0 Å². The maximum absolute atomic E-state index is 13.2. The molecule has 0 spiro atoms. The summed E-state index contributed by atoms with van der Waals surface area (Å²) in [5.74, 6) is 0.128. The molecule has 1 unspecified atom stereocenters. The monoisotopic (exact) mass is 391 g/mol. The molecule has 146 valence electrons. The summed E-state index contributed by atoms with van der Waals surface area (Å²) in [6, 6.07) is 2.85. The van der Waals surface area contributed by atoms with Crippen molar-refractivity contribution in [1.29, 1.82) is 0 Å². The van der Waals surface area contributed by atoms with Crippen molar-refractivity contribution in [1.82, 2.24) is 9.80 Å². The number of benzene rings is 1. The summed E-state index contributed by atoms with van der Waals surface area (Å²) in [5.41, 5.74) is -1.20. The number of carbonyl (C=O) groups excluding carboxylic acids is 1. The molecule has 0 saturated carbocycles. The zero-order valence-corrected chi connectivity index (χ0v) is 16.0. The smallest absolute Gasteiger partial charge is 0.324 e. The molecule has 1 atom stereocenters. The van der Waals surface area contributed by atoms with Crippen LogP contribution in [0.5, 0.6) is 0 Å². The first-order valence-corrected chi connectivity index (χ1v) is 9.09. The summed E-state index contributed by atoms with van der Waals surface area (Å²) in [6.45, 7) is 10.2. The van der Waals surface area contributed by atoms with Crippen LogP contribution in [0.2, 0.25) is 5.02 Å². The van der Waals surface area contributed by atoms with Gasteiger partial charge in [-0.3, -0.25) is 9.69 Å². The third kappa shape index (κ3) is 5.59.